The van der Waals surface area contributed by atoms with Crippen LogP contribution in [-0.4, -0.2) is 50.2 Å². The Labute approximate surface area is 181 Å². The van der Waals surface area contributed by atoms with Gasteiger partial charge in [-0.15, -0.1) is 0 Å². The second-order valence-electron chi connectivity index (χ2n) is 11.0. The van der Waals surface area contributed by atoms with Crippen LogP contribution in [0.2, 0.25) is 0 Å². The summed E-state index contributed by atoms with van der Waals surface area (Å²) in [7, 11) is 2.08. The van der Waals surface area contributed by atoms with Gasteiger partial charge in [-0.1, -0.05) is 30.3 Å². The summed E-state index contributed by atoms with van der Waals surface area (Å²) in [5.74, 6) is 1.08. The number of nitrogens with zero attached hydrogens (tertiary/aromatic N) is 1. The zero-order valence-corrected chi connectivity index (χ0v) is 18.8. The van der Waals surface area contributed by atoms with Crippen molar-refractivity contribution in [1.29, 1.82) is 0 Å². The Bertz CT molecular complexity index is 776. The Hall–Kier alpha value is -1.39. The van der Waals surface area contributed by atoms with E-state index >= 15 is 0 Å². The molecular formula is C26H38N2O2. The van der Waals surface area contributed by atoms with Crippen LogP contribution in [0.25, 0.3) is 0 Å². The van der Waals surface area contributed by atoms with E-state index in [9.17, 15) is 4.79 Å². The first-order chi connectivity index (χ1) is 14.5. The quantitative estimate of drug-likeness (QED) is 0.766. The number of rotatable bonds is 6. The van der Waals surface area contributed by atoms with Crippen molar-refractivity contribution >= 4 is 5.91 Å². The molecule has 6 rings (SSSR count). The molecule has 5 fully saturated rings. The Balaban J connectivity index is 1.51. The maximum absolute atomic E-state index is 14.2. The van der Waals surface area contributed by atoms with E-state index in [0.29, 0.717) is 17.9 Å². The first kappa shape index (κ1) is 20.5. The summed E-state index contributed by atoms with van der Waals surface area (Å²) in [6.07, 6.45) is 8.98. The molecule has 4 aliphatic carbocycles. The number of hydrogen-bond acceptors (Lipinski definition) is 3. The average Bonchev–Trinajstić information content (AvgIpc) is 2.77. The van der Waals surface area contributed by atoms with Gasteiger partial charge in [0.05, 0.1) is 12.0 Å². The lowest BCUT2D eigenvalue weighted by Gasteiger charge is -2.66. The van der Waals surface area contributed by atoms with Crippen LogP contribution in [0.5, 0.6) is 0 Å². The van der Waals surface area contributed by atoms with Crippen molar-refractivity contribution in [2.24, 2.45) is 16.7 Å². The van der Waals surface area contributed by atoms with Crippen molar-refractivity contribution in [2.75, 3.05) is 33.4 Å². The molecule has 1 amide bonds. The van der Waals surface area contributed by atoms with Crippen molar-refractivity contribution < 1.29 is 9.53 Å². The van der Waals surface area contributed by atoms with Crippen LogP contribution in [0, 0.1) is 16.7 Å². The van der Waals surface area contributed by atoms with Crippen molar-refractivity contribution in [1.82, 2.24) is 10.2 Å². The van der Waals surface area contributed by atoms with E-state index in [4.69, 9.17) is 4.74 Å². The second-order valence-corrected chi connectivity index (χ2v) is 11.0. The zero-order chi connectivity index (χ0) is 20.8. The molecule has 1 aliphatic heterocycles. The highest BCUT2D eigenvalue weighted by Crippen LogP contribution is 2.70. The lowest BCUT2D eigenvalue weighted by atomic mass is 9.38. The highest BCUT2D eigenvalue weighted by Gasteiger charge is 2.66. The minimum atomic E-state index is -0.202. The molecule has 4 atom stereocenters. The highest BCUT2D eigenvalue weighted by atomic mass is 16.5. The van der Waals surface area contributed by atoms with E-state index in [0.717, 1.165) is 58.4 Å². The maximum Gasteiger partial charge on any atom is 0.228 e. The molecule has 1 aromatic rings. The van der Waals surface area contributed by atoms with Crippen LogP contribution in [0.4, 0.5) is 0 Å². The summed E-state index contributed by atoms with van der Waals surface area (Å²) in [5.41, 5.74) is 1.56. The molecule has 0 spiro atoms. The molecule has 5 aliphatic rings. The summed E-state index contributed by atoms with van der Waals surface area (Å²) >= 11 is 0. The number of benzene rings is 1. The Morgan fingerprint density at radius 1 is 1.10 bits per heavy atom. The van der Waals surface area contributed by atoms with Crippen LogP contribution in [0.3, 0.4) is 0 Å². The van der Waals surface area contributed by atoms with Crippen molar-refractivity contribution in [3.8, 4) is 0 Å². The predicted octanol–water partition coefficient (Wildman–Crippen LogP) is 4.14. The second kappa shape index (κ2) is 7.63. The molecule has 4 nitrogen and oxygen atoms in total. The Morgan fingerprint density at radius 2 is 1.87 bits per heavy atom. The molecule has 1 aromatic carbocycles. The molecule has 2 unspecified atom stereocenters. The molecule has 164 valence electrons. The number of amides is 1. The van der Waals surface area contributed by atoms with Gasteiger partial charge < -0.3 is 15.0 Å². The van der Waals surface area contributed by atoms with Gasteiger partial charge in [0.15, 0.2) is 0 Å². The fraction of sp³-hybridized carbons (Fsp3) is 0.731. The standard InChI is InChI=1S/C26H38N2O2/c1-3-30-19-24-13-20-14-25(16-24,21-7-5-4-6-8-21)18-26(15-20,17-24)23(29)28(2)22-9-11-27-12-10-22/h4-8,20,22,27H,3,9-19H2,1-2H3/t20?,24-,25+,26?/m0/s1. The number of piperidine rings is 1. The molecule has 4 heteroatoms. The summed E-state index contributed by atoms with van der Waals surface area (Å²) in [6, 6.07) is 11.5. The third-order valence-corrected chi connectivity index (χ3v) is 8.81. The smallest absolute Gasteiger partial charge is 0.228 e. The summed E-state index contributed by atoms with van der Waals surface area (Å²) in [4.78, 5) is 16.3. The third-order valence-electron chi connectivity index (χ3n) is 8.81. The van der Waals surface area contributed by atoms with E-state index in [1.807, 2.05) is 0 Å². The molecule has 4 saturated carbocycles. The Morgan fingerprint density at radius 3 is 2.60 bits per heavy atom. The predicted molar refractivity (Wildman–Crippen MR) is 119 cm³/mol. The van der Waals surface area contributed by atoms with Gasteiger partial charge in [-0.3, -0.25) is 4.79 Å². The lowest BCUT2D eigenvalue weighted by Crippen LogP contribution is -2.64. The van der Waals surface area contributed by atoms with Crippen molar-refractivity contribution in [2.45, 2.75) is 69.7 Å². The third kappa shape index (κ3) is 3.31. The van der Waals surface area contributed by atoms with Crippen LogP contribution in [0.1, 0.15) is 63.9 Å². The molecule has 4 bridgehead atoms. The molecule has 30 heavy (non-hydrogen) atoms. The number of carbonyl (C=O) groups is 1. The van der Waals surface area contributed by atoms with Crippen molar-refractivity contribution in [3.05, 3.63) is 35.9 Å². The average molecular weight is 411 g/mol. The largest absolute Gasteiger partial charge is 0.381 e. The van der Waals surface area contributed by atoms with E-state index in [1.165, 1.54) is 24.8 Å². The van der Waals surface area contributed by atoms with Gasteiger partial charge in [0.1, 0.15) is 0 Å². The first-order valence-corrected chi connectivity index (χ1v) is 12.1. The van der Waals surface area contributed by atoms with Crippen molar-refractivity contribution in [3.63, 3.8) is 0 Å². The summed E-state index contributed by atoms with van der Waals surface area (Å²) < 4.78 is 6.07. The maximum atomic E-state index is 14.2. The lowest BCUT2D eigenvalue weighted by molar-refractivity contribution is -0.181. The van der Waals surface area contributed by atoms with Gasteiger partial charge in [-0.05, 0) is 93.7 Å². The minimum absolute atomic E-state index is 0.141. The normalized spacial score (nSPS) is 38.0. The molecule has 1 heterocycles. The number of nitrogens with one attached hydrogen (secondary N) is 1. The molecule has 1 saturated heterocycles. The molecule has 1 N–H and O–H groups in total. The topological polar surface area (TPSA) is 41.6 Å². The molecule has 0 radical (unpaired) electrons. The fourth-order valence-electron chi connectivity index (χ4n) is 8.20. The van der Waals surface area contributed by atoms with Crippen LogP contribution in [0.15, 0.2) is 30.3 Å². The minimum Gasteiger partial charge on any atom is -0.381 e. The first-order valence-electron chi connectivity index (χ1n) is 12.1. The van der Waals surface area contributed by atoms with Crippen LogP contribution < -0.4 is 5.32 Å². The summed E-state index contributed by atoms with van der Waals surface area (Å²) in [6.45, 7) is 5.74. The molecule has 0 aromatic heterocycles. The van der Waals surface area contributed by atoms with E-state index in [1.54, 1.807) is 0 Å². The number of ether oxygens (including phenoxy) is 1. The van der Waals surface area contributed by atoms with E-state index in [2.05, 4.69) is 54.5 Å². The summed E-state index contributed by atoms with van der Waals surface area (Å²) in [5, 5.41) is 3.45. The Kier molecular flexibility index (Phi) is 5.22. The van der Waals surface area contributed by atoms with E-state index < -0.39 is 0 Å². The van der Waals surface area contributed by atoms with Gasteiger partial charge in [-0.2, -0.15) is 0 Å². The van der Waals surface area contributed by atoms with Gasteiger partial charge >= 0.3 is 0 Å². The molecular weight excluding hydrogens is 372 g/mol. The number of carbonyl (C=O) groups excluding carboxylic acids is 1. The fourth-order valence-corrected chi connectivity index (χ4v) is 8.20. The van der Waals surface area contributed by atoms with Crippen LogP contribution >= 0.6 is 0 Å². The van der Waals surface area contributed by atoms with E-state index in [-0.39, 0.29) is 16.2 Å². The van der Waals surface area contributed by atoms with Gasteiger partial charge in [0.2, 0.25) is 5.91 Å². The zero-order valence-electron chi connectivity index (χ0n) is 18.8. The monoisotopic (exact) mass is 410 g/mol. The SMILES string of the molecule is CCOC[C@]12CC3CC(C(=O)N(C)C4CCNCC4)(C1)C[C@@](c1ccccc1)(C3)C2. The van der Waals surface area contributed by atoms with Gasteiger partial charge in [0, 0.05) is 19.7 Å². The highest BCUT2D eigenvalue weighted by molar-refractivity contribution is 5.84. The van der Waals surface area contributed by atoms with Gasteiger partial charge in [-0.25, -0.2) is 0 Å². The van der Waals surface area contributed by atoms with Gasteiger partial charge in [0.25, 0.3) is 0 Å². The van der Waals surface area contributed by atoms with Crippen LogP contribution in [-0.2, 0) is 14.9 Å². The number of hydrogen-bond donors (Lipinski definition) is 1.